The van der Waals surface area contributed by atoms with E-state index in [1.165, 1.54) is 25.7 Å². The average molecular weight is 303 g/mol. The Hall–Kier alpha value is -0.280. The molecule has 2 rings (SSSR count). The van der Waals surface area contributed by atoms with Crippen LogP contribution in [0.3, 0.4) is 0 Å². The van der Waals surface area contributed by atoms with E-state index in [0.29, 0.717) is 11.8 Å². The fourth-order valence-corrected chi connectivity index (χ4v) is 3.50. The van der Waals surface area contributed by atoms with Gasteiger partial charge in [0.2, 0.25) is 5.91 Å². The molecule has 1 heterocycles. The van der Waals surface area contributed by atoms with Gasteiger partial charge in [-0.3, -0.25) is 4.79 Å². The van der Waals surface area contributed by atoms with E-state index in [4.69, 9.17) is 5.73 Å². The molecule has 0 bridgehead atoms. The molecule has 3 nitrogen and oxygen atoms in total. The SMILES string of the molecule is CC1CCC(CC(=O)N2CCC(N)C(C)(C)C2)CC1.Cl. The molecule has 4 heteroatoms. The first-order chi connectivity index (χ1) is 8.88. The summed E-state index contributed by atoms with van der Waals surface area (Å²) < 4.78 is 0. The fraction of sp³-hybridized carbons (Fsp3) is 0.938. The summed E-state index contributed by atoms with van der Waals surface area (Å²) in [6, 6.07) is 0.229. The molecule has 1 unspecified atom stereocenters. The molecule has 1 saturated carbocycles. The molecule has 0 aromatic rings. The Bertz CT molecular complexity index is 324. The zero-order valence-corrected chi connectivity index (χ0v) is 14.0. The van der Waals surface area contributed by atoms with Crippen molar-refractivity contribution in [1.29, 1.82) is 0 Å². The Morgan fingerprint density at radius 3 is 2.35 bits per heavy atom. The fourth-order valence-electron chi connectivity index (χ4n) is 3.50. The molecule has 118 valence electrons. The molecule has 0 aromatic carbocycles. The van der Waals surface area contributed by atoms with Gasteiger partial charge in [-0.2, -0.15) is 0 Å². The summed E-state index contributed by atoms with van der Waals surface area (Å²) in [5, 5.41) is 0. The highest BCUT2D eigenvalue weighted by Crippen LogP contribution is 2.32. The van der Waals surface area contributed by atoms with Gasteiger partial charge in [0.15, 0.2) is 0 Å². The van der Waals surface area contributed by atoms with Crippen molar-refractivity contribution in [1.82, 2.24) is 4.90 Å². The highest BCUT2D eigenvalue weighted by molar-refractivity contribution is 5.85. The van der Waals surface area contributed by atoms with Gasteiger partial charge in [-0.05, 0) is 36.5 Å². The summed E-state index contributed by atoms with van der Waals surface area (Å²) in [7, 11) is 0. The maximum Gasteiger partial charge on any atom is 0.222 e. The van der Waals surface area contributed by atoms with Crippen molar-refractivity contribution in [3.8, 4) is 0 Å². The molecule has 2 N–H and O–H groups in total. The molecule has 0 radical (unpaired) electrons. The number of hydrogen-bond acceptors (Lipinski definition) is 2. The van der Waals surface area contributed by atoms with E-state index >= 15 is 0 Å². The van der Waals surface area contributed by atoms with Crippen LogP contribution in [0.1, 0.15) is 59.3 Å². The minimum atomic E-state index is 0. The standard InChI is InChI=1S/C16H30N2O.ClH/c1-12-4-6-13(7-5-12)10-15(19)18-9-8-14(17)16(2,3)11-18;/h12-14H,4-11,17H2,1-3H3;1H. The molecule has 1 aliphatic carbocycles. The van der Waals surface area contributed by atoms with E-state index in [-0.39, 0.29) is 23.9 Å². The lowest BCUT2D eigenvalue weighted by molar-refractivity contribution is -0.136. The van der Waals surface area contributed by atoms with E-state index in [1.807, 2.05) is 0 Å². The lowest BCUT2D eigenvalue weighted by atomic mass is 9.78. The number of halogens is 1. The number of hydrogen-bond donors (Lipinski definition) is 1. The molecule has 1 saturated heterocycles. The molecular formula is C16H31ClN2O. The highest BCUT2D eigenvalue weighted by Gasteiger charge is 2.35. The Labute approximate surface area is 130 Å². The van der Waals surface area contributed by atoms with Crippen molar-refractivity contribution in [3.05, 3.63) is 0 Å². The van der Waals surface area contributed by atoms with E-state index in [2.05, 4.69) is 25.7 Å². The van der Waals surface area contributed by atoms with Gasteiger partial charge in [-0.15, -0.1) is 12.4 Å². The first kappa shape index (κ1) is 17.8. The Kier molecular flexibility index (Phi) is 6.33. The second-order valence-corrected chi connectivity index (χ2v) is 7.53. The Morgan fingerprint density at radius 1 is 1.20 bits per heavy atom. The first-order valence-corrected chi connectivity index (χ1v) is 7.92. The maximum atomic E-state index is 12.4. The summed E-state index contributed by atoms with van der Waals surface area (Å²) in [4.78, 5) is 14.5. The van der Waals surface area contributed by atoms with Crippen LogP contribution < -0.4 is 5.73 Å². The average Bonchev–Trinajstić information content (AvgIpc) is 2.35. The van der Waals surface area contributed by atoms with Crippen molar-refractivity contribution in [3.63, 3.8) is 0 Å². The van der Waals surface area contributed by atoms with Gasteiger partial charge in [0, 0.05) is 25.6 Å². The topological polar surface area (TPSA) is 46.3 Å². The molecule has 1 amide bonds. The second-order valence-electron chi connectivity index (χ2n) is 7.53. The van der Waals surface area contributed by atoms with Gasteiger partial charge in [0.05, 0.1) is 0 Å². The maximum absolute atomic E-state index is 12.4. The minimum Gasteiger partial charge on any atom is -0.342 e. The van der Waals surface area contributed by atoms with Crippen LogP contribution in [0.4, 0.5) is 0 Å². The number of piperidine rings is 1. The van der Waals surface area contributed by atoms with E-state index in [1.54, 1.807) is 0 Å². The summed E-state index contributed by atoms with van der Waals surface area (Å²) in [6.45, 7) is 8.37. The van der Waals surface area contributed by atoms with E-state index in [9.17, 15) is 4.79 Å². The largest absolute Gasteiger partial charge is 0.342 e. The molecule has 2 aliphatic rings. The number of carbonyl (C=O) groups is 1. The third-order valence-corrected chi connectivity index (χ3v) is 5.26. The first-order valence-electron chi connectivity index (χ1n) is 7.92. The Morgan fingerprint density at radius 2 is 1.80 bits per heavy atom. The highest BCUT2D eigenvalue weighted by atomic mass is 35.5. The lowest BCUT2D eigenvalue weighted by Gasteiger charge is -2.43. The molecule has 0 spiro atoms. The Balaban J connectivity index is 0.00000200. The van der Waals surface area contributed by atoms with Crippen LogP contribution in [0.5, 0.6) is 0 Å². The van der Waals surface area contributed by atoms with E-state index < -0.39 is 0 Å². The molecule has 20 heavy (non-hydrogen) atoms. The van der Waals surface area contributed by atoms with Crippen LogP contribution >= 0.6 is 12.4 Å². The van der Waals surface area contributed by atoms with Crippen molar-refractivity contribution < 1.29 is 4.79 Å². The number of rotatable bonds is 2. The second kappa shape index (κ2) is 7.13. The summed E-state index contributed by atoms with van der Waals surface area (Å²) in [5.41, 5.74) is 6.20. The van der Waals surface area contributed by atoms with Crippen LogP contribution in [0.15, 0.2) is 0 Å². The van der Waals surface area contributed by atoms with Crippen LogP contribution in [0.2, 0.25) is 0 Å². The molecule has 1 atom stereocenters. The van der Waals surface area contributed by atoms with Gasteiger partial charge >= 0.3 is 0 Å². The van der Waals surface area contributed by atoms with E-state index in [0.717, 1.165) is 31.8 Å². The minimum absolute atomic E-state index is 0. The molecule has 1 aliphatic heterocycles. The van der Waals surface area contributed by atoms with Crippen LogP contribution in [0, 0.1) is 17.3 Å². The van der Waals surface area contributed by atoms with Crippen LogP contribution in [-0.4, -0.2) is 29.9 Å². The van der Waals surface area contributed by atoms with Gasteiger partial charge in [-0.25, -0.2) is 0 Å². The van der Waals surface area contributed by atoms with Crippen molar-refractivity contribution in [2.45, 2.75) is 65.3 Å². The number of amides is 1. The summed E-state index contributed by atoms with van der Waals surface area (Å²) in [6.07, 6.45) is 6.79. The monoisotopic (exact) mass is 302 g/mol. The van der Waals surface area contributed by atoms with Crippen LogP contribution in [-0.2, 0) is 4.79 Å². The normalized spacial score (nSPS) is 33.4. The summed E-state index contributed by atoms with van der Waals surface area (Å²) >= 11 is 0. The quantitative estimate of drug-likeness (QED) is 0.851. The third-order valence-electron chi connectivity index (χ3n) is 5.26. The van der Waals surface area contributed by atoms with Crippen molar-refractivity contribution in [2.24, 2.45) is 23.0 Å². The molecular weight excluding hydrogens is 272 g/mol. The number of carbonyl (C=O) groups excluding carboxylic acids is 1. The zero-order valence-electron chi connectivity index (χ0n) is 13.2. The predicted octanol–water partition coefficient (Wildman–Crippen LogP) is 3.21. The van der Waals surface area contributed by atoms with Crippen LogP contribution in [0.25, 0.3) is 0 Å². The predicted molar refractivity (Wildman–Crippen MR) is 85.9 cm³/mol. The van der Waals surface area contributed by atoms with Crippen molar-refractivity contribution >= 4 is 18.3 Å². The van der Waals surface area contributed by atoms with Crippen molar-refractivity contribution in [2.75, 3.05) is 13.1 Å². The third kappa shape index (κ3) is 4.36. The molecule has 2 fully saturated rings. The smallest absolute Gasteiger partial charge is 0.222 e. The van der Waals surface area contributed by atoms with Gasteiger partial charge in [0.1, 0.15) is 0 Å². The zero-order chi connectivity index (χ0) is 14.0. The van der Waals surface area contributed by atoms with Gasteiger partial charge in [-0.1, -0.05) is 33.6 Å². The number of nitrogens with zero attached hydrogens (tertiary/aromatic N) is 1. The lowest BCUT2D eigenvalue weighted by Crippen LogP contribution is -2.54. The molecule has 0 aromatic heterocycles. The number of nitrogens with two attached hydrogens (primary N) is 1. The van der Waals surface area contributed by atoms with Gasteiger partial charge in [0.25, 0.3) is 0 Å². The van der Waals surface area contributed by atoms with Gasteiger partial charge < -0.3 is 10.6 Å². The number of likely N-dealkylation sites (tertiary alicyclic amines) is 1. The summed E-state index contributed by atoms with van der Waals surface area (Å²) in [5.74, 6) is 1.85.